The molecule has 0 bridgehead atoms. The Labute approximate surface area is 155 Å². The number of carbonyl (C=O) groups is 1. The first-order chi connectivity index (χ1) is 13.1. The van der Waals surface area contributed by atoms with E-state index in [2.05, 4.69) is 9.97 Å². The minimum Gasteiger partial charge on any atom is -0.474 e. The summed E-state index contributed by atoms with van der Waals surface area (Å²) in [7, 11) is 0. The summed E-state index contributed by atoms with van der Waals surface area (Å²) < 4.78 is 8.70. The molecule has 3 aromatic heterocycles. The molecule has 0 radical (unpaired) electrons. The number of aromatic nitrogens is 4. The molecule has 0 atom stereocenters. The zero-order valence-corrected chi connectivity index (χ0v) is 14.6. The van der Waals surface area contributed by atoms with Crippen LogP contribution in [0.2, 0.25) is 0 Å². The SMILES string of the molecule is Cc1cccc(OC(=O)c2c(O)[n+](Cc3cncnc3)c3ccccn23)c1. The number of imidazole rings is 1. The molecule has 7 heteroatoms. The maximum absolute atomic E-state index is 12.8. The quantitative estimate of drug-likeness (QED) is 0.343. The van der Waals surface area contributed by atoms with E-state index in [0.29, 0.717) is 17.9 Å². The van der Waals surface area contributed by atoms with Crippen LogP contribution in [-0.2, 0) is 6.54 Å². The van der Waals surface area contributed by atoms with Gasteiger partial charge in [-0.3, -0.25) is 0 Å². The van der Waals surface area contributed by atoms with Crippen molar-refractivity contribution in [2.75, 3.05) is 0 Å². The monoisotopic (exact) mass is 361 g/mol. The molecule has 3 heterocycles. The molecule has 4 rings (SSSR count). The van der Waals surface area contributed by atoms with Gasteiger partial charge in [-0.05, 0) is 30.7 Å². The number of fused-ring (bicyclic) bond motifs is 1. The van der Waals surface area contributed by atoms with Crippen molar-refractivity contribution in [1.29, 1.82) is 0 Å². The molecule has 0 aliphatic rings. The van der Waals surface area contributed by atoms with E-state index >= 15 is 0 Å². The Morgan fingerprint density at radius 1 is 1.19 bits per heavy atom. The second kappa shape index (κ2) is 6.87. The molecule has 0 saturated heterocycles. The highest BCUT2D eigenvalue weighted by Gasteiger charge is 2.32. The maximum Gasteiger partial charge on any atom is 0.392 e. The van der Waals surface area contributed by atoms with Gasteiger partial charge in [-0.25, -0.2) is 14.8 Å². The molecular formula is C20H17N4O3+. The Kier molecular flexibility index (Phi) is 4.25. The van der Waals surface area contributed by atoms with Crippen molar-refractivity contribution in [1.82, 2.24) is 14.4 Å². The van der Waals surface area contributed by atoms with Gasteiger partial charge in [0.1, 0.15) is 18.6 Å². The normalized spacial score (nSPS) is 10.9. The van der Waals surface area contributed by atoms with Gasteiger partial charge in [0.15, 0.2) is 0 Å². The van der Waals surface area contributed by atoms with Crippen LogP contribution >= 0.6 is 0 Å². The van der Waals surface area contributed by atoms with Crippen LogP contribution in [0.3, 0.4) is 0 Å². The minimum absolute atomic E-state index is 0.0592. The van der Waals surface area contributed by atoms with Crippen LogP contribution < -0.4 is 9.30 Å². The van der Waals surface area contributed by atoms with E-state index in [1.165, 1.54) is 6.33 Å². The van der Waals surface area contributed by atoms with Gasteiger partial charge in [-0.2, -0.15) is 8.97 Å². The number of hydrogen-bond acceptors (Lipinski definition) is 5. The van der Waals surface area contributed by atoms with E-state index in [1.807, 2.05) is 31.2 Å². The third-order valence-corrected chi connectivity index (χ3v) is 4.17. The highest BCUT2D eigenvalue weighted by Crippen LogP contribution is 2.21. The molecule has 0 saturated carbocycles. The van der Waals surface area contributed by atoms with Crippen molar-refractivity contribution in [3.8, 4) is 11.6 Å². The van der Waals surface area contributed by atoms with Gasteiger partial charge in [0.25, 0.3) is 5.65 Å². The maximum atomic E-state index is 12.8. The summed E-state index contributed by atoms with van der Waals surface area (Å²) in [6.45, 7) is 2.23. The molecular weight excluding hydrogens is 344 g/mol. The van der Waals surface area contributed by atoms with Gasteiger partial charge >= 0.3 is 17.5 Å². The first kappa shape index (κ1) is 16.7. The number of ether oxygens (including phenoxy) is 1. The first-order valence-corrected chi connectivity index (χ1v) is 8.38. The standard InChI is InChI=1S/C20H16N4O3/c1-14-5-4-6-16(9-14)27-20(26)18-19(25)24(12-15-10-21-13-22-11-15)17-7-2-3-8-23(17)18/h2-11,13H,12H2,1H3/p+1. The molecule has 0 aliphatic heterocycles. The molecule has 27 heavy (non-hydrogen) atoms. The Hall–Kier alpha value is -3.74. The Morgan fingerprint density at radius 2 is 2.00 bits per heavy atom. The number of aryl methyl sites for hydroxylation is 1. The highest BCUT2D eigenvalue weighted by atomic mass is 16.5. The van der Waals surface area contributed by atoms with Gasteiger partial charge in [-0.15, -0.1) is 0 Å². The van der Waals surface area contributed by atoms with E-state index in [-0.39, 0.29) is 11.6 Å². The molecule has 7 nitrogen and oxygen atoms in total. The summed E-state index contributed by atoms with van der Waals surface area (Å²) >= 11 is 0. The third kappa shape index (κ3) is 3.22. The predicted molar refractivity (Wildman–Crippen MR) is 96.5 cm³/mol. The topological polar surface area (TPSA) is 80.6 Å². The van der Waals surface area contributed by atoms with Crippen LogP contribution in [0.4, 0.5) is 0 Å². The van der Waals surface area contributed by atoms with E-state index in [0.717, 1.165) is 11.1 Å². The molecule has 134 valence electrons. The van der Waals surface area contributed by atoms with Crippen molar-refractivity contribution in [2.45, 2.75) is 13.5 Å². The first-order valence-electron chi connectivity index (χ1n) is 8.38. The Balaban J connectivity index is 1.76. The van der Waals surface area contributed by atoms with Crippen LogP contribution in [0.5, 0.6) is 11.6 Å². The highest BCUT2D eigenvalue weighted by molar-refractivity contribution is 5.92. The smallest absolute Gasteiger partial charge is 0.392 e. The lowest BCUT2D eigenvalue weighted by molar-refractivity contribution is -0.668. The second-order valence-corrected chi connectivity index (χ2v) is 6.14. The molecule has 1 aromatic carbocycles. The van der Waals surface area contributed by atoms with Crippen molar-refractivity contribution in [3.05, 3.63) is 84.2 Å². The lowest BCUT2D eigenvalue weighted by Crippen LogP contribution is -2.33. The van der Waals surface area contributed by atoms with E-state index in [1.54, 1.807) is 45.8 Å². The number of hydrogen-bond donors (Lipinski definition) is 1. The zero-order valence-electron chi connectivity index (χ0n) is 14.6. The molecule has 1 N–H and O–H groups in total. The largest absolute Gasteiger partial charge is 0.474 e. The average Bonchev–Trinajstić information content (AvgIpc) is 2.94. The van der Waals surface area contributed by atoms with Gasteiger partial charge in [-0.1, -0.05) is 18.2 Å². The number of esters is 1. The fraction of sp³-hybridized carbons (Fsp3) is 0.100. The molecule has 4 aromatic rings. The summed E-state index contributed by atoms with van der Waals surface area (Å²) in [6, 6.07) is 12.6. The van der Waals surface area contributed by atoms with Crippen LogP contribution in [-0.4, -0.2) is 25.4 Å². The van der Waals surface area contributed by atoms with E-state index < -0.39 is 5.97 Å². The van der Waals surface area contributed by atoms with E-state index in [4.69, 9.17) is 4.74 Å². The van der Waals surface area contributed by atoms with Crippen molar-refractivity contribution in [2.24, 2.45) is 0 Å². The van der Waals surface area contributed by atoms with Crippen molar-refractivity contribution >= 4 is 11.6 Å². The average molecular weight is 361 g/mol. The Bertz CT molecular complexity index is 1120. The molecule has 0 aliphatic carbocycles. The zero-order chi connectivity index (χ0) is 18.8. The fourth-order valence-electron chi connectivity index (χ4n) is 2.96. The van der Waals surface area contributed by atoms with Gasteiger partial charge in [0, 0.05) is 24.0 Å². The predicted octanol–water partition coefficient (Wildman–Crippen LogP) is 2.30. The fourth-order valence-corrected chi connectivity index (χ4v) is 2.96. The van der Waals surface area contributed by atoms with E-state index in [9.17, 15) is 9.90 Å². The lowest BCUT2D eigenvalue weighted by Gasteiger charge is -2.02. The van der Waals surface area contributed by atoms with Crippen LogP contribution in [0.25, 0.3) is 5.65 Å². The number of carbonyl (C=O) groups excluding carboxylic acids is 1. The summed E-state index contributed by atoms with van der Waals surface area (Å²) in [5.74, 6) is -0.390. The van der Waals surface area contributed by atoms with Crippen molar-refractivity contribution < 1.29 is 19.2 Å². The molecule has 0 spiro atoms. The van der Waals surface area contributed by atoms with Crippen molar-refractivity contribution in [3.63, 3.8) is 0 Å². The van der Waals surface area contributed by atoms with Crippen LogP contribution in [0, 0.1) is 6.92 Å². The number of rotatable bonds is 4. The lowest BCUT2D eigenvalue weighted by atomic mass is 10.2. The summed E-state index contributed by atoms with van der Waals surface area (Å²) in [4.78, 5) is 20.8. The number of aromatic hydroxyl groups is 1. The van der Waals surface area contributed by atoms with Crippen LogP contribution in [0.1, 0.15) is 21.6 Å². The number of nitrogens with zero attached hydrogens (tertiary/aromatic N) is 4. The van der Waals surface area contributed by atoms with Gasteiger partial charge < -0.3 is 9.84 Å². The Morgan fingerprint density at radius 3 is 2.78 bits per heavy atom. The molecule has 0 amide bonds. The minimum atomic E-state index is -0.637. The summed E-state index contributed by atoms with van der Waals surface area (Å²) in [5, 5.41) is 10.8. The second-order valence-electron chi connectivity index (χ2n) is 6.14. The number of benzene rings is 1. The summed E-state index contributed by atoms with van der Waals surface area (Å²) in [6.07, 6.45) is 6.48. The van der Waals surface area contributed by atoms with Gasteiger partial charge in [0.05, 0.1) is 6.20 Å². The third-order valence-electron chi connectivity index (χ3n) is 4.17. The van der Waals surface area contributed by atoms with Crippen LogP contribution in [0.15, 0.2) is 67.4 Å². The number of pyridine rings is 1. The summed E-state index contributed by atoms with van der Waals surface area (Å²) in [5.41, 5.74) is 2.48. The van der Waals surface area contributed by atoms with Gasteiger partial charge in [0.2, 0.25) is 0 Å². The molecule has 0 fully saturated rings. The molecule has 0 unspecified atom stereocenters.